The summed E-state index contributed by atoms with van der Waals surface area (Å²) in [4.78, 5) is 13.8. The van der Waals surface area contributed by atoms with Gasteiger partial charge in [0.2, 0.25) is 5.95 Å². The van der Waals surface area contributed by atoms with Crippen molar-refractivity contribution in [3.05, 3.63) is 65.2 Å². The molecule has 0 unspecified atom stereocenters. The summed E-state index contributed by atoms with van der Waals surface area (Å²) < 4.78 is 55.2. The fourth-order valence-corrected chi connectivity index (χ4v) is 4.96. The molecule has 206 valence electrons. The number of pyridine rings is 1. The molecular weight excluding hydrogens is 534 g/mol. The Bertz CT molecular complexity index is 1450. The van der Waals surface area contributed by atoms with Gasteiger partial charge in [-0.3, -0.25) is 4.90 Å². The van der Waals surface area contributed by atoms with Gasteiger partial charge in [-0.2, -0.15) is 18.3 Å². The third kappa shape index (κ3) is 6.15. The zero-order valence-electron chi connectivity index (χ0n) is 21.3. The average Bonchev–Trinajstić information content (AvgIpc) is 3.30. The van der Waals surface area contributed by atoms with Crippen molar-refractivity contribution < 1.29 is 17.6 Å². The minimum absolute atomic E-state index is 0.118. The van der Waals surface area contributed by atoms with Crippen molar-refractivity contribution in [3.63, 3.8) is 0 Å². The molecule has 1 aliphatic heterocycles. The lowest BCUT2D eigenvalue weighted by Gasteiger charge is -2.34. The first-order chi connectivity index (χ1) is 18.7. The standard InChI is InChI=1S/C27H28ClF4N7/c1-2-10-37-12-14-38(15-13-37)11-9-34-26-33-8-7-22(35-26)24-23-6-4-19(27(30,31)32)17-39(23)36-25(24)18-3-5-21(29)20(28)16-18/h3-8,16-17H,2,9-15H2,1H3,(H,33,34,35). The van der Waals surface area contributed by atoms with Crippen LogP contribution in [0.2, 0.25) is 5.02 Å². The molecule has 12 heteroatoms. The molecule has 0 spiro atoms. The van der Waals surface area contributed by atoms with E-state index in [0.29, 0.717) is 40.5 Å². The summed E-state index contributed by atoms with van der Waals surface area (Å²) in [6, 6.07) is 8.10. The summed E-state index contributed by atoms with van der Waals surface area (Å²) in [6.07, 6.45) is -0.868. The van der Waals surface area contributed by atoms with Crippen molar-refractivity contribution in [1.29, 1.82) is 0 Å². The minimum Gasteiger partial charge on any atom is -0.353 e. The van der Waals surface area contributed by atoms with Crippen molar-refractivity contribution in [2.24, 2.45) is 0 Å². The molecule has 4 aromatic rings. The van der Waals surface area contributed by atoms with E-state index < -0.39 is 17.6 Å². The Morgan fingerprint density at radius 3 is 2.44 bits per heavy atom. The average molecular weight is 562 g/mol. The number of nitrogens with zero attached hydrogens (tertiary/aromatic N) is 6. The van der Waals surface area contributed by atoms with Crippen LogP contribution in [0.3, 0.4) is 0 Å². The SMILES string of the molecule is CCCN1CCN(CCNc2nccc(-c3c(-c4ccc(F)c(Cl)c4)nn4cc(C(F)(F)F)ccc34)n2)CC1. The maximum Gasteiger partial charge on any atom is 0.417 e. The van der Waals surface area contributed by atoms with Crippen LogP contribution in [0, 0.1) is 5.82 Å². The van der Waals surface area contributed by atoms with Crippen molar-refractivity contribution >= 4 is 23.1 Å². The van der Waals surface area contributed by atoms with Crippen molar-refractivity contribution in [2.75, 3.05) is 51.1 Å². The van der Waals surface area contributed by atoms with Crippen LogP contribution in [0.15, 0.2) is 48.8 Å². The maximum absolute atomic E-state index is 13.9. The number of hydrogen-bond donors (Lipinski definition) is 1. The molecule has 0 atom stereocenters. The third-order valence-electron chi connectivity index (χ3n) is 6.78. The number of anilines is 1. The number of rotatable bonds is 8. The summed E-state index contributed by atoms with van der Waals surface area (Å²) in [5, 5.41) is 7.56. The van der Waals surface area contributed by atoms with Crippen LogP contribution >= 0.6 is 11.6 Å². The summed E-state index contributed by atoms with van der Waals surface area (Å²) >= 11 is 6.02. The summed E-state index contributed by atoms with van der Waals surface area (Å²) in [6.45, 7) is 8.92. The van der Waals surface area contributed by atoms with Gasteiger partial charge in [0, 0.05) is 57.2 Å². The number of benzene rings is 1. The Kier molecular flexibility index (Phi) is 8.01. The van der Waals surface area contributed by atoms with E-state index in [1.54, 1.807) is 12.3 Å². The molecule has 1 aromatic carbocycles. The van der Waals surface area contributed by atoms with E-state index in [9.17, 15) is 17.6 Å². The van der Waals surface area contributed by atoms with Gasteiger partial charge in [0.25, 0.3) is 0 Å². The van der Waals surface area contributed by atoms with Gasteiger partial charge in [0.05, 0.1) is 27.4 Å². The summed E-state index contributed by atoms with van der Waals surface area (Å²) in [5.74, 6) is -0.211. The van der Waals surface area contributed by atoms with Crippen LogP contribution in [0.25, 0.3) is 28.0 Å². The van der Waals surface area contributed by atoms with Gasteiger partial charge in [-0.1, -0.05) is 18.5 Å². The molecule has 4 heterocycles. The quantitative estimate of drug-likeness (QED) is 0.278. The maximum atomic E-state index is 13.9. The van der Waals surface area contributed by atoms with E-state index in [1.165, 1.54) is 24.3 Å². The van der Waals surface area contributed by atoms with E-state index in [0.717, 1.165) is 62.5 Å². The largest absolute Gasteiger partial charge is 0.417 e. The number of fused-ring (bicyclic) bond motifs is 1. The second kappa shape index (κ2) is 11.4. The number of halogens is 5. The fourth-order valence-electron chi connectivity index (χ4n) is 4.78. The highest BCUT2D eigenvalue weighted by Gasteiger charge is 2.31. The number of aromatic nitrogens is 4. The Balaban J connectivity index is 1.42. The highest BCUT2D eigenvalue weighted by atomic mass is 35.5. The second-order valence-electron chi connectivity index (χ2n) is 9.47. The van der Waals surface area contributed by atoms with Crippen molar-refractivity contribution in [2.45, 2.75) is 19.5 Å². The molecule has 0 radical (unpaired) electrons. The Morgan fingerprint density at radius 1 is 1.00 bits per heavy atom. The van der Waals surface area contributed by atoms with Gasteiger partial charge in [-0.15, -0.1) is 0 Å². The van der Waals surface area contributed by atoms with Gasteiger partial charge < -0.3 is 10.2 Å². The zero-order chi connectivity index (χ0) is 27.6. The lowest BCUT2D eigenvalue weighted by atomic mass is 10.0. The monoisotopic (exact) mass is 561 g/mol. The third-order valence-corrected chi connectivity index (χ3v) is 7.07. The predicted molar refractivity (Wildman–Crippen MR) is 143 cm³/mol. The van der Waals surface area contributed by atoms with Crippen LogP contribution in [-0.2, 0) is 6.18 Å². The molecule has 0 bridgehead atoms. The lowest BCUT2D eigenvalue weighted by molar-refractivity contribution is -0.137. The van der Waals surface area contributed by atoms with Crippen molar-refractivity contribution in [1.82, 2.24) is 29.4 Å². The molecular formula is C27H28ClF4N7. The first-order valence-corrected chi connectivity index (χ1v) is 13.2. The zero-order valence-corrected chi connectivity index (χ0v) is 22.1. The molecule has 3 aromatic heterocycles. The van der Waals surface area contributed by atoms with Gasteiger partial charge in [-0.25, -0.2) is 18.9 Å². The number of piperazine rings is 1. The second-order valence-corrected chi connectivity index (χ2v) is 9.88. The molecule has 1 aliphatic rings. The Hall–Kier alpha value is -3.28. The molecule has 7 nitrogen and oxygen atoms in total. The molecule has 1 N–H and O–H groups in total. The van der Waals surface area contributed by atoms with Crippen LogP contribution < -0.4 is 5.32 Å². The topological polar surface area (TPSA) is 61.6 Å². The van der Waals surface area contributed by atoms with Crippen LogP contribution in [0.4, 0.5) is 23.5 Å². The van der Waals surface area contributed by atoms with E-state index >= 15 is 0 Å². The lowest BCUT2D eigenvalue weighted by Crippen LogP contribution is -2.47. The minimum atomic E-state index is -4.53. The molecule has 0 saturated carbocycles. The van der Waals surface area contributed by atoms with E-state index in [2.05, 4.69) is 37.1 Å². The normalized spacial score (nSPS) is 15.2. The smallest absolute Gasteiger partial charge is 0.353 e. The first kappa shape index (κ1) is 27.3. The van der Waals surface area contributed by atoms with E-state index in [1.807, 2.05) is 0 Å². The first-order valence-electron chi connectivity index (χ1n) is 12.8. The molecule has 1 fully saturated rings. The van der Waals surface area contributed by atoms with Gasteiger partial charge >= 0.3 is 6.18 Å². The molecule has 5 rings (SSSR count). The van der Waals surface area contributed by atoms with Crippen LogP contribution in [-0.4, -0.2) is 75.2 Å². The molecule has 0 amide bonds. The van der Waals surface area contributed by atoms with Gasteiger partial charge in [-0.05, 0) is 49.4 Å². The van der Waals surface area contributed by atoms with Crippen molar-refractivity contribution in [3.8, 4) is 22.5 Å². The van der Waals surface area contributed by atoms with E-state index in [-0.39, 0.29) is 5.02 Å². The van der Waals surface area contributed by atoms with Crippen LogP contribution in [0.5, 0.6) is 0 Å². The number of nitrogens with one attached hydrogen (secondary N) is 1. The molecule has 1 saturated heterocycles. The van der Waals surface area contributed by atoms with Gasteiger partial charge in [0.15, 0.2) is 0 Å². The molecule has 39 heavy (non-hydrogen) atoms. The number of hydrogen-bond acceptors (Lipinski definition) is 6. The fraction of sp³-hybridized carbons (Fsp3) is 0.370. The van der Waals surface area contributed by atoms with E-state index in [4.69, 9.17) is 11.6 Å². The Morgan fingerprint density at radius 2 is 1.74 bits per heavy atom. The summed E-state index contributed by atoms with van der Waals surface area (Å²) in [7, 11) is 0. The van der Waals surface area contributed by atoms with Gasteiger partial charge in [0.1, 0.15) is 11.5 Å². The summed E-state index contributed by atoms with van der Waals surface area (Å²) in [5.41, 5.74) is 1.30. The molecule has 0 aliphatic carbocycles. The van der Waals surface area contributed by atoms with Crippen LogP contribution in [0.1, 0.15) is 18.9 Å². The highest BCUT2D eigenvalue weighted by molar-refractivity contribution is 6.31. The Labute approximate surface area is 228 Å². The highest BCUT2D eigenvalue weighted by Crippen LogP contribution is 2.37. The predicted octanol–water partition coefficient (Wildman–Crippen LogP) is 5.71. The number of alkyl halides is 3.